The van der Waals surface area contributed by atoms with Crippen LogP contribution in [0.4, 0.5) is 8.78 Å². The summed E-state index contributed by atoms with van der Waals surface area (Å²) in [7, 11) is 0. The van der Waals surface area contributed by atoms with Gasteiger partial charge in [0.1, 0.15) is 11.5 Å². The standard InChI is InChI=1S/C13H16F2N2O3/c1-3-5-9-8-10(19-4-2)6-7-11(9)20-13(14,15)12(18)17-16/h3,6-8H,1,4-5,16H2,2H3,(H,17,18). The van der Waals surface area contributed by atoms with Crippen molar-refractivity contribution in [2.45, 2.75) is 19.5 Å². The van der Waals surface area contributed by atoms with Gasteiger partial charge in [-0.15, -0.1) is 6.58 Å². The van der Waals surface area contributed by atoms with Crippen LogP contribution in [0.1, 0.15) is 12.5 Å². The molecule has 0 aliphatic rings. The molecule has 0 saturated carbocycles. The average molecular weight is 286 g/mol. The van der Waals surface area contributed by atoms with Crippen molar-refractivity contribution in [2.75, 3.05) is 6.61 Å². The van der Waals surface area contributed by atoms with Crippen molar-refractivity contribution in [3.05, 3.63) is 36.4 Å². The van der Waals surface area contributed by atoms with Crippen molar-refractivity contribution in [1.82, 2.24) is 5.43 Å². The van der Waals surface area contributed by atoms with Gasteiger partial charge < -0.3 is 9.47 Å². The van der Waals surface area contributed by atoms with Crippen molar-refractivity contribution in [3.63, 3.8) is 0 Å². The second-order valence-electron chi connectivity index (χ2n) is 3.79. The molecule has 0 fully saturated rings. The Morgan fingerprint density at radius 3 is 2.80 bits per heavy atom. The smallest absolute Gasteiger partial charge is 0.483 e. The van der Waals surface area contributed by atoms with E-state index in [1.807, 2.05) is 0 Å². The third-order valence-electron chi connectivity index (χ3n) is 2.34. The van der Waals surface area contributed by atoms with E-state index in [1.165, 1.54) is 23.6 Å². The molecule has 0 saturated heterocycles. The monoisotopic (exact) mass is 286 g/mol. The molecule has 0 heterocycles. The van der Waals surface area contributed by atoms with Gasteiger partial charge in [-0.2, -0.15) is 8.78 Å². The van der Waals surface area contributed by atoms with Gasteiger partial charge in [-0.05, 0) is 31.5 Å². The lowest BCUT2D eigenvalue weighted by molar-refractivity contribution is -0.193. The van der Waals surface area contributed by atoms with E-state index in [-0.39, 0.29) is 12.2 Å². The van der Waals surface area contributed by atoms with Gasteiger partial charge >= 0.3 is 12.0 Å². The molecule has 5 nitrogen and oxygen atoms in total. The van der Waals surface area contributed by atoms with E-state index >= 15 is 0 Å². The van der Waals surface area contributed by atoms with Crippen molar-refractivity contribution >= 4 is 5.91 Å². The molecule has 1 aromatic rings. The number of halogens is 2. The summed E-state index contributed by atoms with van der Waals surface area (Å²) in [6.45, 7) is 5.78. The summed E-state index contributed by atoms with van der Waals surface area (Å²) in [4.78, 5) is 10.9. The SMILES string of the molecule is C=CCc1cc(OCC)ccc1OC(F)(F)C(=O)NN. The van der Waals surface area contributed by atoms with Crippen LogP contribution in [0.2, 0.25) is 0 Å². The first-order valence-electron chi connectivity index (χ1n) is 5.89. The summed E-state index contributed by atoms with van der Waals surface area (Å²) in [6.07, 6.45) is -2.24. The van der Waals surface area contributed by atoms with E-state index in [1.54, 1.807) is 13.0 Å². The molecule has 0 spiro atoms. The number of carbonyl (C=O) groups excluding carboxylic acids is 1. The minimum absolute atomic E-state index is 0.137. The third kappa shape index (κ3) is 3.92. The van der Waals surface area contributed by atoms with Crippen LogP contribution in [0, 0.1) is 0 Å². The normalized spacial score (nSPS) is 10.8. The van der Waals surface area contributed by atoms with Gasteiger partial charge in [-0.3, -0.25) is 10.2 Å². The Morgan fingerprint density at radius 1 is 1.55 bits per heavy atom. The first kappa shape index (κ1) is 15.9. The highest BCUT2D eigenvalue weighted by molar-refractivity contribution is 5.81. The Labute approximate surface area is 115 Å². The number of hydrogen-bond donors (Lipinski definition) is 2. The molecule has 1 amide bonds. The van der Waals surface area contributed by atoms with Crippen LogP contribution in [0.3, 0.4) is 0 Å². The van der Waals surface area contributed by atoms with Crippen molar-refractivity contribution in [2.24, 2.45) is 5.84 Å². The zero-order valence-electron chi connectivity index (χ0n) is 11.0. The second kappa shape index (κ2) is 6.85. The van der Waals surface area contributed by atoms with E-state index in [0.29, 0.717) is 17.9 Å². The molecule has 0 radical (unpaired) electrons. The zero-order valence-corrected chi connectivity index (χ0v) is 11.0. The number of allylic oxidation sites excluding steroid dienone is 1. The van der Waals surface area contributed by atoms with E-state index in [4.69, 9.17) is 4.74 Å². The Bertz CT molecular complexity index is 493. The van der Waals surface area contributed by atoms with E-state index in [2.05, 4.69) is 17.2 Å². The summed E-state index contributed by atoms with van der Waals surface area (Å²) in [5.41, 5.74) is 1.78. The Kier molecular flexibility index (Phi) is 5.45. The topological polar surface area (TPSA) is 73.6 Å². The quantitative estimate of drug-likeness (QED) is 0.347. The van der Waals surface area contributed by atoms with Gasteiger partial charge in [0.15, 0.2) is 0 Å². The van der Waals surface area contributed by atoms with Crippen LogP contribution in [-0.2, 0) is 11.2 Å². The fourth-order valence-corrected chi connectivity index (χ4v) is 1.50. The summed E-state index contributed by atoms with van der Waals surface area (Å²) in [6, 6.07) is 4.33. The van der Waals surface area contributed by atoms with Gasteiger partial charge in [-0.1, -0.05) is 6.08 Å². The molecule has 1 aromatic carbocycles. The number of rotatable bonds is 7. The summed E-state index contributed by atoms with van der Waals surface area (Å²) >= 11 is 0. The van der Waals surface area contributed by atoms with Crippen molar-refractivity contribution < 1.29 is 23.0 Å². The fraction of sp³-hybridized carbons (Fsp3) is 0.308. The van der Waals surface area contributed by atoms with Gasteiger partial charge in [0.05, 0.1) is 6.61 Å². The number of amides is 1. The maximum Gasteiger partial charge on any atom is 0.483 e. The van der Waals surface area contributed by atoms with Crippen LogP contribution >= 0.6 is 0 Å². The fourth-order valence-electron chi connectivity index (χ4n) is 1.50. The van der Waals surface area contributed by atoms with E-state index in [0.717, 1.165) is 0 Å². The van der Waals surface area contributed by atoms with Crippen molar-refractivity contribution in [3.8, 4) is 11.5 Å². The molecule has 110 valence electrons. The number of alkyl halides is 2. The molecule has 20 heavy (non-hydrogen) atoms. The summed E-state index contributed by atoms with van der Waals surface area (Å²) < 4.78 is 36.5. The minimum Gasteiger partial charge on any atom is -0.494 e. The second-order valence-corrected chi connectivity index (χ2v) is 3.79. The molecular weight excluding hydrogens is 270 g/mol. The average Bonchev–Trinajstić information content (AvgIpc) is 2.41. The van der Waals surface area contributed by atoms with Gasteiger partial charge in [0.25, 0.3) is 0 Å². The molecule has 3 N–H and O–H groups in total. The lowest BCUT2D eigenvalue weighted by Gasteiger charge is -2.18. The van der Waals surface area contributed by atoms with Gasteiger partial charge in [0, 0.05) is 5.56 Å². The molecule has 0 bridgehead atoms. The third-order valence-corrected chi connectivity index (χ3v) is 2.34. The van der Waals surface area contributed by atoms with Crippen LogP contribution in [0.5, 0.6) is 11.5 Å². The molecule has 0 aromatic heterocycles. The molecular formula is C13H16F2N2O3. The van der Waals surface area contributed by atoms with Crippen LogP contribution in [0.15, 0.2) is 30.9 Å². The maximum atomic E-state index is 13.4. The molecule has 0 atom stereocenters. The largest absolute Gasteiger partial charge is 0.494 e. The Hall–Kier alpha value is -2.15. The highest BCUT2D eigenvalue weighted by atomic mass is 19.3. The molecule has 0 unspecified atom stereocenters. The molecule has 0 aliphatic carbocycles. The first-order valence-corrected chi connectivity index (χ1v) is 5.89. The van der Waals surface area contributed by atoms with Crippen LogP contribution in [-0.4, -0.2) is 18.6 Å². The first-order chi connectivity index (χ1) is 9.44. The molecule has 7 heteroatoms. The molecule has 1 rings (SSSR count). The highest BCUT2D eigenvalue weighted by Gasteiger charge is 2.42. The van der Waals surface area contributed by atoms with Crippen molar-refractivity contribution in [1.29, 1.82) is 0 Å². The number of hydrogen-bond acceptors (Lipinski definition) is 4. The number of ether oxygens (including phenoxy) is 2. The Balaban J connectivity index is 3.04. The molecule has 0 aliphatic heterocycles. The number of nitrogens with one attached hydrogen (secondary N) is 1. The van der Waals surface area contributed by atoms with E-state index in [9.17, 15) is 13.6 Å². The number of nitrogens with two attached hydrogens (primary N) is 1. The lowest BCUT2D eigenvalue weighted by Crippen LogP contribution is -2.47. The van der Waals surface area contributed by atoms with Crippen LogP contribution < -0.4 is 20.7 Å². The summed E-state index contributed by atoms with van der Waals surface area (Å²) in [5, 5.41) is 0. The lowest BCUT2D eigenvalue weighted by atomic mass is 10.1. The van der Waals surface area contributed by atoms with Crippen LogP contribution in [0.25, 0.3) is 0 Å². The summed E-state index contributed by atoms with van der Waals surface area (Å²) in [5.74, 6) is 3.33. The zero-order chi connectivity index (χ0) is 15.2. The Morgan fingerprint density at radius 2 is 2.25 bits per heavy atom. The number of hydrazine groups is 1. The number of carbonyl (C=O) groups is 1. The predicted octanol–water partition coefficient (Wildman–Crippen LogP) is 1.78. The van der Waals surface area contributed by atoms with E-state index < -0.39 is 12.0 Å². The highest BCUT2D eigenvalue weighted by Crippen LogP contribution is 2.29. The van der Waals surface area contributed by atoms with Gasteiger partial charge in [0.2, 0.25) is 0 Å². The maximum absolute atomic E-state index is 13.4. The predicted molar refractivity (Wildman–Crippen MR) is 69.4 cm³/mol. The minimum atomic E-state index is -4.06. The number of benzene rings is 1. The van der Waals surface area contributed by atoms with Gasteiger partial charge in [-0.25, -0.2) is 5.84 Å².